The predicted molar refractivity (Wildman–Crippen MR) is 368 cm³/mol. The third-order valence-electron chi connectivity index (χ3n) is 15.3. The van der Waals surface area contributed by atoms with Gasteiger partial charge < -0.3 is 40.3 Å². The van der Waals surface area contributed by atoms with E-state index in [9.17, 15) is 30.3 Å². The van der Waals surface area contributed by atoms with Crippen LogP contribution in [0.5, 0.6) is 0 Å². The normalized spacial score (nSPS) is 19.1. The average molecular weight is 1190 g/mol. The maximum absolute atomic E-state index is 13.1. The average Bonchev–Trinajstić information content (AvgIpc) is 2.60. The van der Waals surface area contributed by atoms with Crippen molar-refractivity contribution in [2.24, 2.45) is 0 Å². The summed E-state index contributed by atoms with van der Waals surface area (Å²) in [6.45, 7) is 3.63. The quantitative estimate of drug-likeness (QED) is 0.0261. The second-order valence-corrected chi connectivity index (χ2v) is 23.2. The SMILES string of the molecule is CC/C=C\C/C=C\C/C=C\C/C=C\C/C=C\C/C=C\C/C=C\C/C=C\C/C=C\C/C=C\CCCCC(=O)NC(COC1OC(CO)C(O)C(O)C1O)C(O)/C=C/CC/C=C/CC/C=C/CCCCCCCCCCCCCCCCCCCCCC. The van der Waals surface area contributed by atoms with Gasteiger partial charge in [0.25, 0.3) is 0 Å². The molecule has 7 atom stereocenters. The summed E-state index contributed by atoms with van der Waals surface area (Å²) in [4.78, 5) is 13.1. The molecule has 1 fully saturated rings. The Hall–Kier alpha value is -4.19. The largest absolute Gasteiger partial charge is 0.394 e. The van der Waals surface area contributed by atoms with Crippen molar-refractivity contribution in [3.63, 3.8) is 0 Å². The first-order valence-corrected chi connectivity index (χ1v) is 34.7. The zero-order chi connectivity index (χ0) is 62.1. The summed E-state index contributed by atoms with van der Waals surface area (Å²) in [5.41, 5.74) is 0. The molecule has 9 heteroatoms. The topological polar surface area (TPSA) is 149 Å². The molecule has 86 heavy (non-hydrogen) atoms. The highest BCUT2D eigenvalue weighted by Gasteiger charge is 2.44. The first-order chi connectivity index (χ1) is 42.3. The Balaban J connectivity index is 2.25. The first-order valence-electron chi connectivity index (χ1n) is 34.7. The van der Waals surface area contributed by atoms with Crippen LogP contribution in [0.3, 0.4) is 0 Å². The number of hydrogen-bond acceptors (Lipinski definition) is 8. The molecule has 9 nitrogen and oxygen atoms in total. The van der Waals surface area contributed by atoms with Crippen LogP contribution >= 0.6 is 0 Å². The van der Waals surface area contributed by atoms with Gasteiger partial charge in [0.05, 0.1) is 25.4 Å². The molecular formula is C77H127NO8. The van der Waals surface area contributed by atoms with Crippen LogP contribution in [0, 0.1) is 0 Å². The van der Waals surface area contributed by atoms with Gasteiger partial charge in [0.1, 0.15) is 24.4 Å². The van der Waals surface area contributed by atoms with E-state index in [-0.39, 0.29) is 18.9 Å². The molecule has 0 radical (unpaired) electrons. The lowest BCUT2D eigenvalue weighted by Crippen LogP contribution is -2.60. The second-order valence-electron chi connectivity index (χ2n) is 23.2. The number of aliphatic hydroxyl groups is 5. The number of amides is 1. The van der Waals surface area contributed by atoms with Crippen LogP contribution in [0.2, 0.25) is 0 Å². The number of ether oxygens (including phenoxy) is 2. The third-order valence-corrected chi connectivity index (χ3v) is 15.3. The molecule has 7 unspecified atom stereocenters. The van der Waals surface area contributed by atoms with Crippen LogP contribution in [0.1, 0.15) is 264 Å². The molecule has 1 amide bonds. The van der Waals surface area contributed by atoms with E-state index in [4.69, 9.17) is 9.47 Å². The Morgan fingerprint density at radius 3 is 1.12 bits per heavy atom. The van der Waals surface area contributed by atoms with E-state index >= 15 is 0 Å². The lowest BCUT2D eigenvalue weighted by molar-refractivity contribution is -0.302. The fourth-order valence-corrected chi connectivity index (χ4v) is 9.92. The number of rotatable bonds is 58. The first kappa shape index (κ1) is 79.8. The summed E-state index contributed by atoms with van der Waals surface area (Å²) in [6, 6.07) is -0.867. The van der Waals surface area contributed by atoms with Gasteiger partial charge in [0, 0.05) is 6.42 Å². The number of allylic oxidation sites excluding steroid dienone is 25. The monoisotopic (exact) mass is 1190 g/mol. The molecule has 488 valence electrons. The second kappa shape index (κ2) is 63.8. The Kier molecular flexibility index (Phi) is 59.2. The summed E-state index contributed by atoms with van der Waals surface area (Å²) in [6.07, 6.45) is 93.4. The van der Waals surface area contributed by atoms with Crippen LogP contribution in [0.4, 0.5) is 0 Å². The number of hydrogen-bond donors (Lipinski definition) is 6. The highest BCUT2D eigenvalue weighted by atomic mass is 16.7. The van der Waals surface area contributed by atoms with Crippen LogP contribution in [-0.2, 0) is 14.3 Å². The van der Waals surface area contributed by atoms with E-state index in [1.165, 1.54) is 128 Å². The standard InChI is InChI=1S/C77H127NO8/c1-3-5-7-9-11-13-15-17-19-21-23-25-27-29-31-33-35-36-37-39-41-43-45-47-49-51-53-55-57-59-61-63-65-67-73(81)78-70(69-85-77-76(84)75(83)74(82)72(68-79)86-77)71(80)66-64-62-60-58-56-54-52-50-48-46-44-42-40-38-34-32-30-28-26-24-22-20-18-16-14-12-10-8-6-4-2/h5,7,11,13,17,19,23,25,29,31,35-36,39,41,45,47-48,50-51,53,56-59,64,66,70-72,74-77,79-80,82-84H,3-4,6,8-10,12,14-16,18,20-22,24,26-28,30,32-34,37-38,40,42-44,46,49,52,54-55,60-63,65,67-69H2,1-2H3,(H,78,81)/b7-5-,13-11-,19-17-,25-23-,31-29-,36-35-,41-39-,47-45-,50-48+,53-51-,58-56+,59-57-,66-64+. The van der Waals surface area contributed by atoms with Crippen molar-refractivity contribution in [2.75, 3.05) is 13.2 Å². The third kappa shape index (κ3) is 51.8. The van der Waals surface area contributed by atoms with Gasteiger partial charge in [-0.2, -0.15) is 0 Å². The molecule has 0 bridgehead atoms. The molecule has 0 aromatic carbocycles. The number of nitrogens with one attached hydrogen (secondary N) is 1. The Morgan fingerprint density at radius 1 is 0.407 bits per heavy atom. The summed E-state index contributed by atoms with van der Waals surface area (Å²) >= 11 is 0. The van der Waals surface area contributed by atoms with Crippen molar-refractivity contribution in [1.29, 1.82) is 0 Å². The van der Waals surface area contributed by atoms with E-state index in [1.807, 2.05) is 6.08 Å². The fourth-order valence-electron chi connectivity index (χ4n) is 9.92. The van der Waals surface area contributed by atoms with Crippen LogP contribution in [0.15, 0.2) is 158 Å². The highest BCUT2D eigenvalue weighted by Crippen LogP contribution is 2.23. The van der Waals surface area contributed by atoms with Gasteiger partial charge in [-0.25, -0.2) is 0 Å². The number of carbonyl (C=O) groups excluding carboxylic acids is 1. The Morgan fingerprint density at radius 2 is 0.733 bits per heavy atom. The molecule has 0 aliphatic carbocycles. The van der Waals surface area contributed by atoms with Gasteiger partial charge >= 0.3 is 0 Å². The van der Waals surface area contributed by atoms with Gasteiger partial charge in [0.2, 0.25) is 5.91 Å². The minimum absolute atomic E-state index is 0.234. The molecule has 6 N–H and O–H groups in total. The highest BCUT2D eigenvalue weighted by molar-refractivity contribution is 5.76. The number of aliphatic hydroxyl groups excluding tert-OH is 5. The van der Waals surface area contributed by atoms with Crippen LogP contribution in [-0.4, -0.2) is 87.5 Å². The molecule has 1 rings (SSSR count). The summed E-state index contributed by atoms with van der Waals surface area (Å²) < 4.78 is 11.3. The van der Waals surface area contributed by atoms with E-state index in [2.05, 4.69) is 165 Å². The van der Waals surface area contributed by atoms with E-state index in [0.29, 0.717) is 12.8 Å². The van der Waals surface area contributed by atoms with Crippen molar-refractivity contribution in [3.05, 3.63) is 158 Å². The molecule has 1 heterocycles. The molecule has 0 aromatic rings. The van der Waals surface area contributed by atoms with E-state index in [0.717, 1.165) is 103 Å². The van der Waals surface area contributed by atoms with Crippen LogP contribution < -0.4 is 5.32 Å². The maximum atomic E-state index is 13.1. The van der Waals surface area contributed by atoms with E-state index < -0.39 is 49.5 Å². The molecule has 0 saturated carbocycles. The minimum Gasteiger partial charge on any atom is -0.394 e. The minimum atomic E-state index is -1.60. The molecular weight excluding hydrogens is 1070 g/mol. The van der Waals surface area contributed by atoms with Crippen molar-refractivity contribution in [1.82, 2.24) is 5.32 Å². The van der Waals surface area contributed by atoms with Gasteiger partial charge in [-0.3, -0.25) is 4.79 Å². The maximum Gasteiger partial charge on any atom is 0.220 e. The zero-order valence-electron chi connectivity index (χ0n) is 54.5. The number of unbranched alkanes of at least 4 members (excludes halogenated alkanes) is 24. The Bertz CT molecular complexity index is 1920. The molecule has 1 saturated heterocycles. The predicted octanol–water partition coefficient (Wildman–Crippen LogP) is 19.1. The summed E-state index contributed by atoms with van der Waals surface area (Å²) in [5, 5.41) is 54.7. The van der Waals surface area contributed by atoms with Gasteiger partial charge in [-0.05, 0) is 122 Å². The zero-order valence-corrected chi connectivity index (χ0v) is 54.5. The Labute approximate surface area is 526 Å². The van der Waals surface area contributed by atoms with Crippen LogP contribution in [0.25, 0.3) is 0 Å². The molecule has 1 aliphatic heterocycles. The van der Waals surface area contributed by atoms with Crippen molar-refractivity contribution < 1.29 is 39.8 Å². The summed E-state index contributed by atoms with van der Waals surface area (Å²) in [7, 11) is 0. The molecule has 1 aliphatic rings. The van der Waals surface area contributed by atoms with Crippen molar-refractivity contribution in [2.45, 2.75) is 307 Å². The molecule has 0 aromatic heterocycles. The van der Waals surface area contributed by atoms with Crippen molar-refractivity contribution in [3.8, 4) is 0 Å². The smallest absolute Gasteiger partial charge is 0.220 e. The number of carbonyl (C=O) groups is 1. The lowest BCUT2D eigenvalue weighted by atomic mass is 9.99. The fraction of sp³-hybridized carbons (Fsp3) is 0.649. The van der Waals surface area contributed by atoms with E-state index in [1.54, 1.807) is 6.08 Å². The van der Waals surface area contributed by atoms with Gasteiger partial charge in [-0.1, -0.05) is 294 Å². The lowest BCUT2D eigenvalue weighted by Gasteiger charge is -2.40. The van der Waals surface area contributed by atoms with Gasteiger partial charge in [0.15, 0.2) is 6.29 Å². The van der Waals surface area contributed by atoms with Gasteiger partial charge in [-0.15, -0.1) is 0 Å². The molecule has 0 spiro atoms. The van der Waals surface area contributed by atoms with Crippen molar-refractivity contribution >= 4 is 5.91 Å². The summed E-state index contributed by atoms with van der Waals surface area (Å²) in [5.74, 6) is -0.238.